The number of hydrogen-bond donors (Lipinski definition) is 2. The molecule has 0 radical (unpaired) electrons. The van der Waals surface area contributed by atoms with Gasteiger partial charge < -0.3 is 15.5 Å². The summed E-state index contributed by atoms with van der Waals surface area (Å²) in [6.45, 7) is 6.04. The lowest BCUT2D eigenvalue weighted by atomic mass is 10.2. The first-order chi connectivity index (χ1) is 9.27. The number of carbonyl (C=O) groups is 1. The number of nitrogens with zero attached hydrogens (tertiary/aromatic N) is 1. The molecule has 1 fully saturated rings. The van der Waals surface area contributed by atoms with Crippen LogP contribution in [-0.2, 0) is 0 Å². The Morgan fingerprint density at radius 1 is 1.30 bits per heavy atom. The Morgan fingerprint density at radius 2 is 2.00 bits per heavy atom. The number of halogens is 2. The number of amides is 1. The van der Waals surface area contributed by atoms with Gasteiger partial charge in [0.25, 0.3) is 5.91 Å². The van der Waals surface area contributed by atoms with E-state index in [1.54, 1.807) is 12.1 Å². The van der Waals surface area contributed by atoms with E-state index in [1.165, 1.54) is 0 Å². The predicted octanol–water partition coefficient (Wildman–Crippen LogP) is 1.79. The summed E-state index contributed by atoms with van der Waals surface area (Å²) in [4.78, 5) is 14.3. The Balaban J connectivity index is 0.00000200. The average molecular weight is 318 g/mol. The highest BCUT2D eigenvalue weighted by molar-refractivity contribution is 6.33. The van der Waals surface area contributed by atoms with Crippen LogP contribution >= 0.6 is 24.0 Å². The lowest BCUT2D eigenvalue weighted by Gasteiger charge is -2.27. The van der Waals surface area contributed by atoms with Crippen LogP contribution < -0.4 is 10.6 Å². The molecule has 4 nitrogen and oxygen atoms in total. The lowest BCUT2D eigenvalue weighted by Crippen LogP contribution is -2.44. The maximum absolute atomic E-state index is 11.9. The van der Waals surface area contributed by atoms with E-state index in [4.69, 9.17) is 11.6 Å². The van der Waals surface area contributed by atoms with E-state index in [-0.39, 0.29) is 18.3 Å². The van der Waals surface area contributed by atoms with Crippen molar-refractivity contribution >= 4 is 29.9 Å². The maximum Gasteiger partial charge on any atom is 0.252 e. The number of hydrogen-bond acceptors (Lipinski definition) is 3. The average Bonchev–Trinajstić information content (AvgIpc) is 2.45. The summed E-state index contributed by atoms with van der Waals surface area (Å²) in [6, 6.07) is 7.12. The second-order valence-electron chi connectivity index (χ2n) is 4.68. The Bertz CT molecular complexity index is 423. The van der Waals surface area contributed by atoms with Gasteiger partial charge in [0.2, 0.25) is 0 Å². The fourth-order valence-electron chi connectivity index (χ4n) is 2.18. The fraction of sp³-hybridized carbons (Fsp3) is 0.500. The largest absolute Gasteiger partial charge is 0.352 e. The minimum Gasteiger partial charge on any atom is -0.352 e. The van der Waals surface area contributed by atoms with Crippen molar-refractivity contribution in [2.45, 2.75) is 6.42 Å². The topological polar surface area (TPSA) is 44.4 Å². The van der Waals surface area contributed by atoms with E-state index in [9.17, 15) is 4.79 Å². The van der Waals surface area contributed by atoms with Crippen molar-refractivity contribution in [3.63, 3.8) is 0 Å². The van der Waals surface area contributed by atoms with Crippen LogP contribution in [0.25, 0.3) is 0 Å². The fourth-order valence-corrected chi connectivity index (χ4v) is 2.40. The van der Waals surface area contributed by atoms with Crippen LogP contribution in [0.4, 0.5) is 0 Å². The summed E-state index contributed by atoms with van der Waals surface area (Å²) in [5, 5.41) is 6.74. The van der Waals surface area contributed by atoms with Crippen LogP contribution in [-0.4, -0.2) is 50.1 Å². The highest BCUT2D eigenvalue weighted by atomic mass is 35.5. The van der Waals surface area contributed by atoms with Crippen molar-refractivity contribution in [2.75, 3.05) is 39.3 Å². The Labute approximate surface area is 131 Å². The molecule has 0 atom stereocenters. The Kier molecular flexibility index (Phi) is 7.92. The standard InChI is InChI=1S/C14H20ClN3O.ClH/c15-13-5-2-1-4-12(13)14(19)17-6-3-9-18-10-7-16-8-11-18;/h1-2,4-5,16H,3,6-11H2,(H,17,19);1H. The normalized spacial score (nSPS) is 15.4. The van der Waals surface area contributed by atoms with Crippen LogP contribution in [0.3, 0.4) is 0 Å². The quantitative estimate of drug-likeness (QED) is 0.814. The van der Waals surface area contributed by atoms with E-state index in [0.717, 1.165) is 39.1 Å². The van der Waals surface area contributed by atoms with Crippen LogP contribution in [0.2, 0.25) is 5.02 Å². The number of rotatable bonds is 5. The minimum atomic E-state index is -0.0917. The summed E-state index contributed by atoms with van der Waals surface area (Å²) in [6.07, 6.45) is 0.968. The van der Waals surface area contributed by atoms with Gasteiger partial charge in [-0.05, 0) is 25.1 Å². The summed E-state index contributed by atoms with van der Waals surface area (Å²) < 4.78 is 0. The first kappa shape index (κ1) is 17.2. The third-order valence-electron chi connectivity index (χ3n) is 3.26. The Morgan fingerprint density at radius 3 is 2.70 bits per heavy atom. The molecule has 6 heteroatoms. The molecule has 112 valence electrons. The molecule has 0 saturated carbocycles. The monoisotopic (exact) mass is 317 g/mol. The van der Waals surface area contributed by atoms with E-state index < -0.39 is 0 Å². The van der Waals surface area contributed by atoms with Crippen LogP contribution in [0.15, 0.2) is 24.3 Å². The number of piperazine rings is 1. The van der Waals surface area contributed by atoms with Gasteiger partial charge in [0.1, 0.15) is 0 Å². The van der Waals surface area contributed by atoms with E-state index in [1.807, 2.05) is 12.1 Å². The van der Waals surface area contributed by atoms with Gasteiger partial charge in [-0.3, -0.25) is 4.79 Å². The molecule has 0 bridgehead atoms. The molecule has 0 unspecified atom stereocenters. The third kappa shape index (κ3) is 5.29. The van der Waals surface area contributed by atoms with Crippen LogP contribution in [0, 0.1) is 0 Å². The number of benzene rings is 1. The molecular formula is C14H21Cl2N3O. The van der Waals surface area contributed by atoms with Crippen molar-refractivity contribution in [3.8, 4) is 0 Å². The van der Waals surface area contributed by atoms with E-state index >= 15 is 0 Å². The molecule has 20 heavy (non-hydrogen) atoms. The van der Waals surface area contributed by atoms with Gasteiger partial charge in [-0.1, -0.05) is 23.7 Å². The molecule has 2 N–H and O–H groups in total. The maximum atomic E-state index is 11.9. The molecule has 1 aromatic carbocycles. The summed E-state index contributed by atoms with van der Waals surface area (Å²) >= 11 is 5.98. The van der Waals surface area contributed by atoms with Crippen molar-refractivity contribution < 1.29 is 4.79 Å². The molecule has 1 amide bonds. The molecule has 2 rings (SSSR count). The Hall–Kier alpha value is -0.810. The van der Waals surface area contributed by atoms with Gasteiger partial charge in [0.05, 0.1) is 10.6 Å². The zero-order chi connectivity index (χ0) is 13.5. The molecule has 1 aliphatic heterocycles. The molecule has 0 aromatic heterocycles. The summed E-state index contributed by atoms with van der Waals surface area (Å²) in [7, 11) is 0. The smallest absolute Gasteiger partial charge is 0.252 e. The van der Waals surface area contributed by atoms with Gasteiger partial charge in [-0.25, -0.2) is 0 Å². The van der Waals surface area contributed by atoms with Gasteiger partial charge >= 0.3 is 0 Å². The molecule has 1 aliphatic rings. The summed E-state index contributed by atoms with van der Waals surface area (Å²) in [5.74, 6) is -0.0917. The number of nitrogens with one attached hydrogen (secondary N) is 2. The zero-order valence-electron chi connectivity index (χ0n) is 11.4. The van der Waals surface area contributed by atoms with Crippen LogP contribution in [0.5, 0.6) is 0 Å². The SMILES string of the molecule is Cl.O=C(NCCCN1CCNCC1)c1ccccc1Cl. The highest BCUT2D eigenvalue weighted by Gasteiger charge is 2.10. The van der Waals surface area contributed by atoms with Crippen LogP contribution in [0.1, 0.15) is 16.8 Å². The van der Waals surface area contributed by atoms with Crippen molar-refractivity contribution in [1.82, 2.24) is 15.5 Å². The second kappa shape index (κ2) is 9.19. The predicted molar refractivity (Wildman–Crippen MR) is 85.0 cm³/mol. The molecule has 1 heterocycles. The van der Waals surface area contributed by atoms with Crippen molar-refractivity contribution in [3.05, 3.63) is 34.9 Å². The molecular weight excluding hydrogens is 297 g/mol. The highest BCUT2D eigenvalue weighted by Crippen LogP contribution is 2.14. The molecule has 0 aliphatic carbocycles. The first-order valence-electron chi connectivity index (χ1n) is 6.73. The molecule has 1 aromatic rings. The molecule has 1 saturated heterocycles. The zero-order valence-corrected chi connectivity index (χ0v) is 13.0. The lowest BCUT2D eigenvalue weighted by molar-refractivity contribution is 0.0951. The first-order valence-corrected chi connectivity index (χ1v) is 7.11. The van der Waals surface area contributed by atoms with Gasteiger partial charge in [0.15, 0.2) is 0 Å². The van der Waals surface area contributed by atoms with Gasteiger partial charge in [-0.15, -0.1) is 12.4 Å². The number of carbonyl (C=O) groups excluding carboxylic acids is 1. The van der Waals surface area contributed by atoms with E-state index in [0.29, 0.717) is 17.1 Å². The van der Waals surface area contributed by atoms with E-state index in [2.05, 4.69) is 15.5 Å². The summed E-state index contributed by atoms with van der Waals surface area (Å²) in [5.41, 5.74) is 0.548. The van der Waals surface area contributed by atoms with Gasteiger partial charge in [0, 0.05) is 32.7 Å². The third-order valence-corrected chi connectivity index (χ3v) is 3.59. The van der Waals surface area contributed by atoms with Crippen molar-refractivity contribution in [2.24, 2.45) is 0 Å². The van der Waals surface area contributed by atoms with Crippen molar-refractivity contribution in [1.29, 1.82) is 0 Å². The minimum absolute atomic E-state index is 0. The molecule has 0 spiro atoms. The van der Waals surface area contributed by atoms with Gasteiger partial charge in [-0.2, -0.15) is 0 Å². The second-order valence-corrected chi connectivity index (χ2v) is 5.09.